The highest BCUT2D eigenvalue weighted by Gasteiger charge is 2.19. The van der Waals surface area contributed by atoms with Crippen LogP contribution in [0.3, 0.4) is 0 Å². The van der Waals surface area contributed by atoms with Gasteiger partial charge in [-0.1, -0.05) is 5.21 Å². The van der Waals surface area contributed by atoms with Gasteiger partial charge in [-0.05, 0) is 13.0 Å². The van der Waals surface area contributed by atoms with Crippen LogP contribution in [0.15, 0.2) is 18.5 Å². The van der Waals surface area contributed by atoms with E-state index in [2.05, 4.69) is 30.1 Å². The Balaban J connectivity index is 1.57. The van der Waals surface area contributed by atoms with Gasteiger partial charge in [-0.15, -0.1) is 5.10 Å². The Labute approximate surface area is 118 Å². The monoisotopic (exact) mass is 273 g/mol. The maximum absolute atomic E-state index is 4.48. The summed E-state index contributed by atoms with van der Waals surface area (Å²) in [5.41, 5.74) is 2.03. The minimum atomic E-state index is 0.837. The minimum absolute atomic E-state index is 0.837. The zero-order chi connectivity index (χ0) is 13.9. The quantitative estimate of drug-likeness (QED) is 0.798. The lowest BCUT2D eigenvalue weighted by Gasteiger charge is -2.34. The summed E-state index contributed by atoms with van der Waals surface area (Å²) in [6.07, 6.45) is 3.79. The van der Waals surface area contributed by atoms with Gasteiger partial charge < -0.3 is 4.90 Å². The van der Waals surface area contributed by atoms with E-state index in [9.17, 15) is 0 Å². The number of hydrogen-bond acceptors (Lipinski definition) is 6. The molecule has 7 nitrogen and oxygen atoms in total. The number of anilines is 1. The average molecular weight is 273 g/mol. The molecule has 0 radical (unpaired) electrons. The van der Waals surface area contributed by atoms with Crippen LogP contribution in [0.4, 0.5) is 5.95 Å². The predicted octanol–water partition coefficient (Wildman–Crippen LogP) is 0.236. The van der Waals surface area contributed by atoms with Crippen molar-refractivity contribution < 1.29 is 0 Å². The van der Waals surface area contributed by atoms with Crippen molar-refractivity contribution in [3.8, 4) is 0 Å². The van der Waals surface area contributed by atoms with Gasteiger partial charge in [-0.2, -0.15) is 0 Å². The van der Waals surface area contributed by atoms with Gasteiger partial charge in [0.05, 0.1) is 5.69 Å². The fourth-order valence-corrected chi connectivity index (χ4v) is 2.39. The molecule has 0 atom stereocenters. The molecule has 0 aromatic carbocycles. The molecule has 0 spiro atoms. The van der Waals surface area contributed by atoms with Crippen LogP contribution in [0, 0.1) is 6.92 Å². The number of hydrogen-bond donors (Lipinski definition) is 0. The van der Waals surface area contributed by atoms with Crippen molar-refractivity contribution in [2.24, 2.45) is 7.05 Å². The van der Waals surface area contributed by atoms with Crippen LogP contribution in [-0.2, 0) is 13.6 Å². The van der Waals surface area contributed by atoms with Crippen molar-refractivity contribution in [1.82, 2.24) is 29.9 Å². The Kier molecular flexibility index (Phi) is 3.60. The Morgan fingerprint density at radius 1 is 1.20 bits per heavy atom. The molecule has 0 aliphatic carbocycles. The minimum Gasteiger partial charge on any atom is -0.338 e. The first-order valence-corrected chi connectivity index (χ1v) is 6.83. The summed E-state index contributed by atoms with van der Waals surface area (Å²) in [5.74, 6) is 0.837. The third-order valence-corrected chi connectivity index (χ3v) is 3.47. The lowest BCUT2D eigenvalue weighted by atomic mass is 10.3. The van der Waals surface area contributed by atoms with Crippen LogP contribution < -0.4 is 4.90 Å². The molecule has 0 amide bonds. The number of aryl methyl sites for hydroxylation is 2. The van der Waals surface area contributed by atoms with Crippen LogP contribution >= 0.6 is 0 Å². The number of rotatable bonds is 3. The fraction of sp³-hybridized carbons (Fsp3) is 0.538. The number of aromatic nitrogens is 5. The molecule has 0 unspecified atom stereocenters. The van der Waals surface area contributed by atoms with Crippen LogP contribution in [0.5, 0.6) is 0 Å². The third kappa shape index (κ3) is 2.93. The number of piperazine rings is 1. The van der Waals surface area contributed by atoms with E-state index >= 15 is 0 Å². The van der Waals surface area contributed by atoms with E-state index in [1.807, 2.05) is 32.4 Å². The van der Waals surface area contributed by atoms with Crippen molar-refractivity contribution in [2.45, 2.75) is 13.5 Å². The summed E-state index contributed by atoms with van der Waals surface area (Å²) in [5, 5.41) is 8.10. The SMILES string of the molecule is Cc1ccnc(N2CCN(Cc3cn(C)nn3)CC2)n1. The normalized spacial score (nSPS) is 16.6. The Morgan fingerprint density at radius 2 is 2.00 bits per heavy atom. The molecule has 20 heavy (non-hydrogen) atoms. The molecule has 106 valence electrons. The van der Waals surface area contributed by atoms with Gasteiger partial charge in [0.15, 0.2) is 0 Å². The van der Waals surface area contributed by atoms with Crippen molar-refractivity contribution in [3.63, 3.8) is 0 Å². The Morgan fingerprint density at radius 3 is 2.65 bits per heavy atom. The van der Waals surface area contributed by atoms with E-state index < -0.39 is 0 Å². The van der Waals surface area contributed by atoms with Crippen LogP contribution in [0.2, 0.25) is 0 Å². The Hall–Kier alpha value is -2.02. The second kappa shape index (κ2) is 5.54. The molecule has 2 aromatic rings. The molecule has 0 bridgehead atoms. The molecule has 1 fully saturated rings. The molecule has 0 saturated carbocycles. The van der Waals surface area contributed by atoms with Gasteiger partial charge in [0.25, 0.3) is 0 Å². The molecule has 1 saturated heterocycles. The number of nitrogens with zero attached hydrogens (tertiary/aromatic N) is 7. The van der Waals surface area contributed by atoms with Gasteiger partial charge >= 0.3 is 0 Å². The lowest BCUT2D eigenvalue weighted by molar-refractivity contribution is 0.246. The summed E-state index contributed by atoms with van der Waals surface area (Å²) in [6.45, 7) is 6.74. The molecule has 7 heteroatoms. The van der Waals surface area contributed by atoms with E-state index in [0.717, 1.165) is 50.1 Å². The summed E-state index contributed by atoms with van der Waals surface area (Å²) < 4.78 is 1.74. The van der Waals surface area contributed by atoms with Gasteiger partial charge in [0.2, 0.25) is 5.95 Å². The molecule has 0 N–H and O–H groups in total. The summed E-state index contributed by atoms with van der Waals surface area (Å²) in [6, 6.07) is 1.92. The molecule has 3 rings (SSSR count). The molecular formula is C13H19N7. The second-order valence-electron chi connectivity index (χ2n) is 5.14. The fourth-order valence-electron chi connectivity index (χ4n) is 2.39. The second-order valence-corrected chi connectivity index (χ2v) is 5.14. The van der Waals surface area contributed by atoms with Gasteiger partial charge in [-0.3, -0.25) is 9.58 Å². The summed E-state index contributed by atoms with van der Waals surface area (Å²) >= 11 is 0. The van der Waals surface area contributed by atoms with E-state index in [1.165, 1.54) is 0 Å². The molecular weight excluding hydrogens is 254 g/mol. The van der Waals surface area contributed by atoms with Crippen molar-refractivity contribution in [1.29, 1.82) is 0 Å². The summed E-state index contributed by atoms with van der Waals surface area (Å²) in [7, 11) is 1.89. The highest BCUT2D eigenvalue weighted by atomic mass is 15.4. The zero-order valence-corrected chi connectivity index (χ0v) is 11.9. The van der Waals surface area contributed by atoms with Crippen molar-refractivity contribution in [2.75, 3.05) is 31.1 Å². The van der Waals surface area contributed by atoms with Gasteiger partial charge in [0, 0.05) is 57.9 Å². The van der Waals surface area contributed by atoms with E-state index in [-0.39, 0.29) is 0 Å². The smallest absolute Gasteiger partial charge is 0.225 e. The highest BCUT2D eigenvalue weighted by Crippen LogP contribution is 2.12. The molecule has 1 aliphatic heterocycles. The van der Waals surface area contributed by atoms with Gasteiger partial charge in [0.1, 0.15) is 0 Å². The first kappa shape index (κ1) is 13.0. The average Bonchev–Trinajstić information content (AvgIpc) is 2.85. The van der Waals surface area contributed by atoms with Crippen LogP contribution in [0.1, 0.15) is 11.4 Å². The molecule has 2 aromatic heterocycles. The third-order valence-electron chi connectivity index (χ3n) is 3.47. The highest BCUT2D eigenvalue weighted by molar-refractivity contribution is 5.30. The van der Waals surface area contributed by atoms with Gasteiger partial charge in [-0.25, -0.2) is 9.97 Å². The van der Waals surface area contributed by atoms with E-state index in [4.69, 9.17) is 0 Å². The molecule has 3 heterocycles. The first-order valence-electron chi connectivity index (χ1n) is 6.83. The van der Waals surface area contributed by atoms with Crippen molar-refractivity contribution in [3.05, 3.63) is 29.8 Å². The molecule has 1 aliphatic rings. The standard InChI is InChI=1S/C13H19N7/c1-11-3-4-14-13(15-11)20-7-5-19(6-8-20)10-12-9-18(2)17-16-12/h3-4,9H,5-8,10H2,1-2H3. The van der Waals surface area contributed by atoms with E-state index in [0.29, 0.717) is 0 Å². The predicted molar refractivity (Wildman–Crippen MR) is 75.3 cm³/mol. The largest absolute Gasteiger partial charge is 0.338 e. The van der Waals surface area contributed by atoms with Crippen LogP contribution in [0.25, 0.3) is 0 Å². The lowest BCUT2D eigenvalue weighted by Crippen LogP contribution is -2.46. The maximum atomic E-state index is 4.48. The van der Waals surface area contributed by atoms with Crippen LogP contribution in [-0.4, -0.2) is 56.0 Å². The Bertz CT molecular complexity index is 572. The topological polar surface area (TPSA) is 63.0 Å². The first-order chi connectivity index (χ1) is 9.70. The summed E-state index contributed by atoms with van der Waals surface area (Å²) in [4.78, 5) is 13.4. The maximum Gasteiger partial charge on any atom is 0.225 e. The van der Waals surface area contributed by atoms with Crippen molar-refractivity contribution >= 4 is 5.95 Å². The zero-order valence-electron chi connectivity index (χ0n) is 11.9. The van der Waals surface area contributed by atoms with E-state index in [1.54, 1.807) is 4.68 Å².